The van der Waals surface area contributed by atoms with Crippen molar-refractivity contribution in [3.05, 3.63) is 71.8 Å². The van der Waals surface area contributed by atoms with Gasteiger partial charge in [-0.25, -0.2) is 4.79 Å². The molecule has 56 heavy (non-hydrogen) atoms. The van der Waals surface area contributed by atoms with Gasteiger partial charge in [0.05, 0.1) is 25.4 Å². The minimum absolute atomic E-state index is 0.0142. The van der Waals surface area contributed by atoms with Gasteiger partial charge < -0.3 is 53.0 Å². The molecule has 6 unspecified atom stereocenters. The van der Waals surface area contributed by atoms with Gasteiger partial charge in [0.2, 0.25) is 35.4 Å². The lowest BCUT2D eigenvalue weighted by molar-refractivity contribution is -0.148. The Morgan fingerprint density at radius 2 is 1.02 bits per heavy atom. The van der Waals surface area contributed by atoms with Crippen LogP contribution in [0.4, 0.5) is 0 Å². The lowest BCUT2D eigenvalue weighted by Crippen LogP contribution is -2.58. The molecule has 0 heterocycles. The lowest BCUT2D eigenvalue weighted by atomic mass is 10.0. The van der Waals surface area contributed by atoms with Gasteiger partial charge >= 0.3 is 17.9 Å². The molecule has 304 valence electrons. The molecule has 19 nitrogen and oxygen atoms in total. The number of carbonyl (C=O) groups excluding carboxylic acids is 6. The molecule has 0 aliphatic rings. The fourth-order valence-corrected chi connectivity index (χ4v) is 5.25. The first-order valence-corrected chi connectivity index (χ1v) is 17.6. The molecule has 0 aliphatic carbocycles. The third-order valence-corrected chi connectivity index (χ3v) is 8.09. The van der Waals surface area contributed by atoms with Gasteiger partial charge in [0, 0.05) is 6.42 Å². The number of nitrogens with one attached hydrogen (secondary N) is 6. The van der Waals surface area contributed by atoms with E-state index < -0.39 is 109 Å². The smallest absolute Gasteiger partial charge is 0.326 e. The quantitative estimate of drug-likeness (QED) is 0.0611. The molecular weight excluding hydrogens is 734 g/mol. The van der Waals surface area contributed by atoms with Crippen molar-refractivity contribution in [3.8, 4) is 0 Å². The molecule has 0 saturated carbocycles. The number of aliphatic carboxylic acids is 3. The molecule has 11 N–H and O–H groups in total. The predicted molar refractivity (Wildman–Crippen MR) is 198 cm³/mol. The minimum atomic E-state index is -1.92. The molecule has 0 saturated heterocycles. The monoisotopic (exact) mass is 783 g/mol. The summed E-state index contributed by atoms with van der Waals surface area (Å²) < 4.78 is 0. The number of amides is 6. The zero-order chi connectivity index (χ0) is 41.9. The van der Waals surface area contributed by atoms with Gasteiger partial charge in [0.25, 0.3) is 0 Å². The zero-order valence-corrected chi connectivity index (χ0v) is 31.2. The fourth-order valence-electron chi connectivity index (χ4n) is 5.25. The number of carboxylic acids is 3. The van der Waals surface area contributed by atoms with E-state index in [0.29, 0.717) is 0 Å². The largest absolute Gasteiger partial charge is 0.481 e. The Hall–Kier alpha value is -6.37. The highest BCUT2D eigenvalue weighted by Gasteiger charge is 2.33. The molecule has 2 rings (SSSR count). The number of hydrogen-bond acceptors (Lipinski definition) is 10. The van der Waals surface area contributed by atoms with E-state index in [2.05, 4.69) is 26.6 Å². The Kier molecular flexibility index (Phi) is 18.6. The van der Waals surface area contributed by atoms with E-state index in [0.717, 1.165) is 11.1 Å². The second kappa shape index (κ2) is 22.8. The number of benzene rings is 2. The van der Waals surface area contributed by atoms with E-state index in [-0.39, 0.29) is 25.2 Å². The SMILES string of the molecule is CC(C)CC(NC(=O)CNC(=O)C(C)NC(=O)C(Cc1ccccc1)NC(=O)C(N)Cc1ccccc1)C(=O)NC(CC(=O)O)C(=O)NC(CC(=O)O)C(=O)O. The topological polar surface area (TPSA) is 313 Å². The van der Waals surface area contributed by atoms with Gasteiger partial charge in [-0.15, -0.1) is 0 Å². The van der Waals surface area contributed by atoms with Crippen molar-refractivity contribution in [2.24, 2.45) is 11.7 Å². The van der Waals surface area contributed by atoms with Crippen LogP contribution in [0.15, 0.2) is 60.7 Å². The maximum Gasteiger partial charge on any atom is 0.326 e. The minimum Gasteiger partial charge on any atom is -0.481 e. The fraction of sp³-hybridized carbons (Fsp3) is 0.432. The summed E-state index contributed by atoms with van der Waals surface area (Å²) in [5, 5.41) is 41.4. The maximum atomic E-state index is 13.4. The average molecular weight is 784 g/mol. The van der Waals surface area contributed by atoms with Crippen LogP contribution in [0.1, 0.15) is 51.2 Å². The second-order valence-corrected chi connectivity index (χ2v) is 13.4. The Morgan fingerprint density at radius 3 is 1.54 bits per heavy atom. The van der Waals surface area contributed by atoms with Crippen molar-refractivity contribution in [2.45, 2.75) is 89.1 Å². The van der Waals surface area contributed by atoms with Gasteiger partial charge in [-0.1, -0.05) is 74.5 Å². The molecule has 0 fully saturated rings. The molecule has 6 atom stereocenters. The molecule has 19 heteroatoms. The average Bonchev–Trinajstić information content (AvgIpc) is 3.12. The van der Waals surface area contributed by atoms with Crippen LogP contribution in [-0.2, 0) is 56.0 Å². The molecule has 6 amide bonds. The van der Waals surface area contributed by atoms with Crippen molar-refractivity contribution in [2.75, 3.05) is 6.54 Å². The summed E-state index contributed by atoms with van der Waals surface area (Å²) in [6.07, 6.45) is -1.75. The summed E-state index contributed by atoms with van der Waals surface area (Å²) in [5.74, 6) is -10.3. The number of rotatable bonds is 23. The molecule has 0 radical (unpaired) electrons. The molecule has 2 aromatic rings. The molecule has 0 aliphatic heterocycles. The Balaban J connectivity index is 2.06. The molecular formula is C37H49N7O12. The first-order valence-electron chi connectivity index (χ1n) is 17.6. The molecule has 0 aromatic heterocycles. The number of nitrogens with two attached hydrogens (primary N) is 1. The van der Waals surface area contributed by atoms with Crippen molar-refractivity contribution < 1.29 is 58.5 Å². The zero-order valence-electron chi connectivity index (χ0n) is 31.2. The van der Waals surface area contributed by atoms with E-state index in [1.165, 1.54) is 6.92 Å². The highest BCUT2D eigenvalue weighted by molar-refractivity contribution is 5.97. The lowest BCUT2D eigenvalue weighted by Gasteiger charge is -2.25. The van der Waals surface area contributed by atoms with Crippen molar-refractivity contribution in [3.63, 3.8) is 0 Å². The normalized spacial score (nSPS) is 14.0. The van der Waals surface area contributed by atoms with Crippen LogP contribution in [0.2, 0.25) is 0 Å². The van der Waals surface area contributed by atoms with E-state index in [1.54, 1.807) is 56.3 Å². The van der Waals surface area contributed by atoms with Crippen LogP contribution in [0.5, 0.6) is 0 Å². The third kappa shape index (κ3) is 16.8. The summed E-state index contributed by atoms with van der Waals surface area (Å²) in [4.78, 5) is 112. The van der Waals surface area contributed by atoms with Crippen LogP contribution in [0.25, 0.3) is 0 Å². The number of carbonyl (C=O) groups is 9. The van der Waals surface area contributed by atoms with Crippen LogP contribution in [0, 0.1) is 5.92 Å². The standard InChI is InChI=1S/C37H49N7O12/c1-20(2)14-25(35(53)43-27(17-30(46)47)36(54)44-28(37(55)56)18-31(48)49)41-29(45)19-39-32(50)21(3)40-34(52)26(16-23-12-8-5-9-13-23)42-33(51)24(38)15-22-10-6-4-7-11-22/h4-13,20-21,24-28H,14-19,38H2,1-3H3,(H,39,50)(H,40,52)(H,41,45)(H,42,51)(H,43,53)(H,44,54)(H,46,47)(H,48,49)(H,55,56). The number of hydrogen-bond donors (Lipinski definition) is 10. The van der Waals surface area contributed by atoms with Gasteiger partial charge in [0.15, 0.2) is 0 Å². The van der Waals surface area contributed by atoms with Crippen molar-refractivity contribution in [1.82, 2.24) is 31.9 Å². The Morgan fingerprint density at radius 1 is 0.554 bits per heavy atom. The highest BCUT2D eigenvalue weighted by atomic mass is 16.4. The summed E-state index contributed by atoms with van der Waals surface area (Å²) in [6, 6.07) is 9.46. The summed E-state index contributed by atoms with van der Waals surface area (Å²) >= 11 is 0. The van der Waals surface area contributed by atoms with E-state index in [9.17, 15) is 53.4 Å². The number of carboxylic acid groups (broad SMARTS) is 3. The van der Waals surface area contributed by atoms with Gasteiger partial charge in [-0.05, 0) is 36.8 Å². The highest BCUT2D eigenvalue weighted by Crippen LogP contribution is 2.09. The first kappa shape index (κ1) is 45.8. The third-order valence-electron chi connectivity index (χ3n) is 8.09. The van der Waals surface area contributed by atoms with Crippen LogP contribution >= 0.6 is 0 Å². The van der Waals surface area contributed by atoms with Gasteiger partial charge in [0.1, 0.15) is 30.2 Å². The second-order valence-electron chi connectivity index (χ2n) is 13.4. The molecule has 0 bridgehead atoms. The summed E-state index contributed by atoms with van der Waals surface area (Å²) in [6.45, 7) is 4.08. The van der Waals surface area contributed by atoms with Crippen LogP contribution in [0.3, 0.4) is 0 Å². The van der Waals surface area contributed by atoms with Crippen molar-refractivity contribution >= 4 is 53.4 Å². The van der Waals surface area contributed by atoms with E-state index in [4.69, 9.17) is 10.8 Å². The van der Waals surface area contributed by atoms with Crippen molar-refractivity contribution in [1.29, 1.82) is 0 Å². The van der Waals surface area contributed by atoms with Crippen LogP contribution in [-0.4, -0.2) is 111 Å². The Labute approximate surface area is 322 Å². The maximum absolute atomic E-state index is 13.4. The van der Waals surface area contributed by atoms with E-state index in [1.807, 2.05) is 23.5 Å². The summed E-state index contributed by atoms with van der Waals surface area (Å²) in [7, 11) is 0. The van der Waals surface area contributed by atoms with Gasteiger partial charge in [-0.3, -0.25) is 38.4 Å². The first-order chi connectivity index (χ1) is 26.4. The molecule has 0 spiro atoms. The Bertz CT molecular complexity index is 1710. The summed E-state index contributed by atoms with van der Waals surface area (Å²) in [5.41, 5.74) is 7.67. The van der Waals surface area contributed by atoms with Gasteiger partial charge in [-0.2, -0.15) is 0 Å². The predicted octanol–water partition coefficient (Wildman–Crippen LogP) is -1.56. The van der Waals surface area contributed by atoms with Crippen LogP contribution < -0.4 is 37.6 Å². The van der Waals surface area contributed by atoms with E-state index >= 15 is 0 Å². The molecule has 2 aromatic carbocycles.